The molecule has 5 heteroatoms. The van der Waals surface area contributed by atoms with E-state index in [1.54, 1.807) is 31.2 Å². The first-order valence-corrected chi connectivity index (χ1v) is 14.1. The van der Waals surface area contributed by atoms with Crippen LogP contribution in [0.25, 0.3) is 0 Å². The van der Waals surface area contributed by atoms with Crippen molar-refractivity contribution in [1.29, 1.82) is 0 Å². The molecule has 14 heavy (non-hydrogen) atoms. The molecule has 1 unspecified atom stereocenters. The molecule has 1 nitrogen and oxygen atoms in total. The van der Waals surface area contributed by atoms with E-state index in [1.807, 2.05) is 6.07 Å². The monoisotopic (exact) mass is 368 g/mol. The number of benzene rings is 1. The normalized spacial score (nSPS) is 14.9. The Labute approximate surface area is 98.4 Å². The first kappa shape index (κ1) is 12.6. The van der Waals surface area contributed by atoms with E-state index in [2.05, 4.69) is 0 Å². The average Bonchev–Trinajstić information content (AvgIpc) is 2.15. The molecule has 0 fully saturated rings. The van der Waals surface area contributed by atoms with Gasteiger partial charge >= 0.3 is 99.1 Å². The third-order valence-electron chi connectivity index (χ3n) is 1.83. The molecule has 1 aromatic carbocycles. The first-order chi connectivity index (χ1) is 6.43. The molecule has 0 spiro atoms. The minimum absolute atomic E-state index is 0.0770. The van der Waals surface area contributed by atoms with E-state index in [1.165, 1.54) is 0 Å². The van der Waals surface area contributed by atoms with Gasteiger partial charge in [-0.2, -0.15) is 0 Å². The molecular weight excluding hydrogens is 358 g/mol. The van der Waals surface area contributed by atoms with Gasteiger partial charge in [0.1, 0.15) is 0 Å². The molecule has 0 aliphatic heterocycles. The average molecular weight is 367 g/mol. The summed E-state index contributed by atoms with van der Waals surface area (Å²) >= 11 is -3.45. The van der Waals surface area contributed by atoms with Gasteiger partial charge < -0.3 is 0 Å². The van der Waals surface area contributed by atoms with Crippen molar-refractivity contribution < 1.29 is 4.79 Å². The van der Waals surface area contributed by atoms with Gasteiger partial charge in [-0.25, -0.2) is 0 Å². The van der Waals surface area contributed by atoms with Crippen molar-refractivity contribution in [1.82, 2.24) is 0 Å². The van der Waals surface area contributed by atoms with Crippen LogP contribution in [-0.2, 0) is 0 Å². The van der Waals surface area contributed by atoms with Crippen molar-refractivity contribution in [2.24, 2.45) is 0 Å². The zero-order chi connectivity index (χ0) is 10.8. The third kappa shape index (κ3) is 3.29. The summed E-state index contributed by atoms with van der Waals surface area (Å²) in [6.45, 7) is 1.68. The Bertz CT molecular complexity index is 321. The van der Waals surface area contributed by atoms with E-state index in [-0.39, 0.29) is 5.78 Å². The summed E-state index contributed by atoms with van der Waals surface area (Å²) in [5, 5.41) is 0. The van der Waals surface area contributed by atoms with Crippen molar-refractivity contribution in [2.75, 3.05) is 0 Å². The van der Waals surface area contributed by atoms with Gasteiger partial charge in [0.15, 0.2) is 0 Å². The number of Topliss-reactive ketones (excluding diaryl/α,β-unsaturated/α-hetero) is 1. The van der Waals surface area contributed by atoms with Crippen LogP contribution >= 0.6 is 26.9 Å². The summed E-state index contributed by atoms with van der Waals surface area (Å²) in [5.74, 6) is -0.0770. The number of ketones is 1. The summed E-state index contributed by atoms with van der Waals surface area (Å²) in [7, 11) is 17.5. The Hall–Kier alpha value is 0.550. The van der Waals surface area contributed by atoms with Gasteiger partial charge in [0.25, 0.3) is 0 Å². The number of rotatable bonds is 3. The van der Waals surface area contributed by atoms with E-state index >= 15 is 0 Å². The molecule has 1 rings (SSSR count). The third-order valence-corrected chi connectivity index (χ3v) is 10.1. The van der Waals surface area contributed by atoms with Crippen molar-refractivity contribution >= 4 is 47.5 Å². The van der Waals surface area contributed by atoms with E-state index in [0.29, 0.717) is 5.56 Å². The van der Waals surface area contributed by atoms with Crippen molar-refractivity contribution in [3.63, 3.8) is 0 Å². The molecule has 0 heterocycles. The van der Waals surface area contributed by atoms with Gasteiger partial charge in [0, 0.05) is 0 Å². The molecule has 1 atom stereocenters. The quantitative estimate of drug-likeness (QED) is 0.585. The second-order valence-electron chi connectivity index (χ2n) is 2.81. The zero-order valence-corrected chi connectivity index (χ0v) is 12.0. The Balaban J connectivity index is 2.87. The van der Waals surface area contributed by atoms with Gasteiger partial charge in [0.2, 0.25) is 0 Å². The van der Waals surface area contributed by atoms with Crippen LogP contribution in [0.2, 0.25) is 3.97 Å². The first-order valence-electron chi connectivity index (χ1n) is 3.93. The molecule has 0 aliphatic rings. The molecule has 78 valence electrons. The van der Waals surface area contributed by atoms with Crippen LogP contribution in [0.15, 0.2) is 30.3 Å². The maximum absolute atomic E-state index is 11.8. The van der Waals surface area contributed by atoms with Crippen LogP contribution in [-0.4, -0.2) is 20.6 Å². The number of carbonyl (C=O) groups is 1. The van der Waals surface area contributed by atoms with E-state index in [9.17, 15) is 4.79 Å². The van der Waals surface area contributed by atoms with Crippen molar-refractivity contribution in [2.45, 2.75) is 10.9 Å². The topological polar surface area (TPSA) is 17.1 Å². The summed E-state index contributed by atoms with van der Waals surface area (Å²) in [6, 6.07) is 8.91. The summed E-state index contributed by atoms with van der Waals surface area (Å²) in [4.78, 5) is 11.8. The Morgan fingerprint density at radius 2 is 1.71 bits per heavy atom. The summed E-state index contributed by atoms with van der Waals surface area (Å²) in [6.07, 6.45) is 0. The number of carbonyl (C=O) groups excluding carboxylic acids is 1. The predicted octanol–water partition coefficient (Wildman–Crippen LogP) is 3.91. The Morgan fingerprint density at radius 1 is 1.21 bits per heavy atom. The summed E-state index contributed by atoms with van der Waals surface area (Å²) < 4.78 is -0.454. The van der Waals surface area contributed by atoms with Crippen molar-refractivity contribution in [3.8, 4) is 0 Å². The van der Waals surface area contributed by atoms with Gasteiger partial charge in [-0.15, -0.1) is 0 Å². The second kappa shape index (κ2) is 5.05. The fourth-order valence-corrected chi connectivity index (χ4v) is 3.67. The van der Waals surface area contributed by atoms with Crippen LogP contribution in [0.4, 0.5) is 0 Å². The van der Waals surface area contributed by atoms with Crippen LogP contribution in [0.5, 0.6) is 0 Å². The number of halogens is 3. The van der Waals surface area contributed by atoms with E-state index < -0.39 is 18.8 Å². The second-order valence-corrected chi connectivity index (χ2v) is 20.3. The fourth-order valence-electron chi connectivity index (χ4n) is 0.958. The molecule has 1 aromatic rings. The van der Waals surface area contributed by atoms with Gasteiger partial charge in [0.05, 0.1) is 0 Å². The Kier molecular flexibility index (Phi) is 4.55. The van der Waals surface area contributed by atoms with Crippen molar-refractivity contribution in [3.05, 3.63) is 35.9 Å². The fraction of sp³-hybridized carbons (Fsp3) is 0.222. The molecule has 0 radical (unpaired) electrons. The van der Waals surface area contributed by atoms with Gasteiger partial charge in [-0.05, 0) is 0 Å². The number of hydrogen-bond acceptors (Lipinski definition) is 1. The van der Waals surface area contributed by atoms with Crippen LogP contribution in [0.3, 0.4) is 0 Å². The molecule has 0 bridgehead atoms. The van der Waals surface area contributed by atoms with Crippen LogP contribution in [0.1, 0.15) is 17.3 Å². The predicted molar refractivity (Wildman–Crippen MR) is 63.5 cm³/mol. The standard InChI is InChI=1S/C9H9Cl3OTe/c1-7(14(10,11)12)9(13)8-5-3-2-4-6-8/h2-7H,1H3. The SMILES string of the molecule is CC(C(=O)c1ccccc1)[Te](Cl)(Cl)Cl. The Morgan fingerprint density at radius 3 is 2.14 bits per heavy atom. The molecular formula is C9H9Cl3OTe. The molecule has 0 aliphatic carbocycles. The zero-order valence-electron chi connectivity index (χ0n) is 7.41. The molecule has 0 N–H and O–H groups in total. The summed E-state index contributed by atoms with van der Waals surface area (Å²) in [5.41, 5.74) is 0.609. The minimum atomic E-state index is -3.45. The molecule has 0 aromatic heterocycles. The van der Waals surface area contributed by atoms with Gasteiger partial charge in [-0.1, -0.05) is 0 Å². The molecule has 0 saturated carbocycles. The molecule has 0 saturated heterocycles. The van der Waals surface area contributed by atoms with E-state index in [0.717, 1.165) is 0 Å². The van der Waals surface area contributed by atoms with Crippen LogP contribution < -0.4 is 0 Å². The van der Waals surface area contributed by atoms with Crippen LogP contribution in [0, 0.1) is 0 Å². The van der Waals surface area contributed by atoms with Gasteiger partial charge in [-0.3, -0.25) is 0 Å². The molecule has 0 amide bonds. The number of hydrogen-bond donors (Lipinski definition) is 0. The maximum atomic E-state index is 11.8. The van der Waals surface area contributed by atoms with E-state index in [4.69, 9.17) is 26.9 Å².